The van der Waals surface area contributed by atoms with Crippen LogP contribution in [0.1, 0.15) is 75.2 Å². The first kappa shape index (κ1) is 24.5. The van der Waals surface area contributed by atoms with Gasteiger partial charge in [0.2, 0.25) is 0 Å². The van der Waals surface area contributed by atoms with Crippen LogP contribution in [0.3, 0.4) is 0 Å². The number of halogens is 1. The van der Waals surface area contributed by atoms with Gasteiger partial charge in [-0.05, 0) is 73.1 Å². The molecule has 0 radical (unpaired) electrons. The number of imide groups is 1. The van der Waals surface area contributed by atoms with Crippen LogP contribution in [0.5, 0.6) is 5.75 Å². The van der Waals surface area contributed by atoms with E-state index in [-0.39, 0.29) is 17.7 Å². The van der Waals surface area contributed by atoms with Gasteiger partial charge in [0.25, 0.3) is 5.91 Å². The smallest absolute Gasteiger partial charge is 0.328 e. The minimum atomic E-state index is -0.988. The Morgan fingerprint density at radius 1 is 1.11 bits per heavy atom. The van der Waals surface area contributed by atoms with E-state index in [1.807, 2.05) is 25.1 Å². The molecule has 1 saturated heterocycles. The Bertz CT molecular complexity index is 1380. The van der Waals surface area contributed by atoms with Gasteiger partial charge in [0.1, 0.15) is 17.3 Å². The molecule has 0 spiro atoms. The van der Waals surface area contributed by atoms with Gasteiger partial charge in [-0.2, -0.15) is 0 Å². The second-order valence-electron chi connectivity index (χ2n) is 11.5. The lowest BCUT2D eigenvalue weighted by Gasteiger charge is -2.42. The van der Waals surface area contributed by atoms with Crippen molar-refractivity contribution in [3.8, 4) is 5.75 Å². The lowest BCUT2D eigenvalue weighted by molar-refractivity contribution is -0.133. The molecule has 6 rings (SSSR count). The Kier molecular flexibility index (Phi) is 6.09. The van der Waals surface area contributed by atoms with Gasteiger partial charge in [-0.3, -0.25) is 14.6 Å². The number of urea groups is 1. The maximum Gasteiger partial charge on any atom is 0.328 e. The maximum atomic E-state index is 14.0. The summed E-state index contributed by atoms with van der Waals surface area (Å²) < 4.78 is 0.968. The molecule has 1 aromatic heterocycles. The van der Waals surface area contributed by atoms with Gasteiger partial charge in [0.05, 0.1) is 0 Å². The van der Waals surface area contributed by atoms with Crippen molar-refractivity contribution in [2.45, 2.75) is 70.4 Å². The monoisotopic (exact) mass is 563 g/mol. The highest BCUT2D eigenvalue weighted by Crippen LogP contribution is 2.49. The van der Waals surface area contributed by atoms with Gasteiger partial charge in [-0.1, -0.05) is 60.7 Å². The molecule has 1 aliphatic carbocycles. The van der Waals surface area contributed by atoms with Crippen LogP contribution in [0.15, 0.2) is 46.9 Å². The second-order valence-corrected chi connectivity index (χ2v) is 12.4. The van der Waals surface area contributed by atoms with Crippen LogP contribution in [0.4, 0.5) is 4.79 Å². The number of rotatable bonds is 5. The Labute approximate surface area is 226 Å². The lowest BCUT2D eigenvalue weighted by atomic mass is 9.80. The molecule has 3 aliphatic rings. The number of carbonyl (C=O) groups excluding carboxylic acids is 2. The Morgan fingerprint density at radius 2 is 1.89 bits per heavy atom. The molecule has 2 aliphatic heterocycles. The number of phenols is 1. The number of hydrogen-bond acceptors (Lipinski definition) is 3. The quantitative estimate of drug-likeness (QED) is 0.331. The number of phenolic OH excluding ortho intramolecular Hbond substituents is 1. The van der Waals surface area contributed by atoms with Crippen molar-refractivity contribution in [2.75, 3.05) is 6.54 Å². The van der Waals surface area contributed by atoms with Crippen LogP contribution in [0.2, 0.25) is 0 Å². The summed E-state index contributed by atoms with van der Waals surface area (Å²) in [5, 5.41) is 11.4. The second kappa shape index (κ2) is 9.19. The lowest BCUT2D eigenvalue weighted by Crippen LogP contribution is -2.53. The zero-order chi connectivity index (χ0) is 25.9. The molecule has 2 aromatic carbocycles. The number of H-pyrrole nitrogens is 1. The van der Waals surface area contributed by atoms with E-state index in [0.717, 1.165) is 51.0 Å². The number of aromatic hydroxyl groups is 1. The number of nitrogens with one attached hydrogen (secondary N) is 1. The molecule has 0 unspecified atom stereocenters. The van der Waals surface area contributed by atoms with Crippen LogP contribution in [0, 0.1) is 11.8 Å². The molecule has 2 atom stereocenters. The summed E-state index contributed by atoms with van der Waals surface area (Å²) >= 11 is 3.59. The van der Waals surface area contributed by atoms with E-state index in [4.69, 9.17) is 0 Å². The van der Waals surface area contributed by atoms with Crippen LogP contribution >= 0.6 is 15.9 Å². The third-order valence-corrected chi connectivity index (χ3v) is 9.44. The van der Waals surface area contributed by atoms with Crippen molar-refractivity contribution in [3.63, 3.8) is 0 Å². The first-order chi connectivity index (χ1) is 17.8. The van der Waals surface area contributed by atoms with Gasteiger partial charge < -0.3 is 10.1 Å². The number of amides is 3. The fourth-order valence-electron chi connectivity index (χ4n) is 6.88. The van der Waals surface area contributed by atoms with Gasteiger partial charge >= 0.3 is 6.03 Å². The van der Waals surface area contributed by atoms with Crippen molar-refractivity contribution in [3.05, 3.63) is 63.8 Å². The molecule has 3 heterocycles. The predicted molar refractivity (Wildman–Crippen MR) is 147 cm³/mol. The predicted octanol–water partition coefficient (Wildman–Crippen LogP) is 6.91. The van der Waals surface area contributed by atoms with Crippen molar-refractivity contribution >= 4 is 38.8 Å². The van der Waals surface area contributed by atoms with E-state index in [9.17, 15) is 14.7 Å². The summed E-state index contributed by atoms with van der Waals surface area (Å²) in [6.45, 7) is 4.70. The zero-order valence-corrected chi connectivity index (χ0v) is 23.1. The SMILES string of the molecule is CC1CCC(CCCN2C(=O)N3[C@H](c4cccc(O)c4)c4[nH]c5ccc(Br)cc5c4C[C@@]3(C)C2=O)CC1. The van der Waals surface area contributed by atoms with E-state index in [1.165, 1.54) is 30.6 Å². The first-order valence-electron chi connectivity index (χ1n) is 13.5. The Balaban J connectivity index is 1.36. The Hall–Kier alpha value is -2.80. The molecule has 3 amide bonds. The minimum Gasteiger partial charge on any atom is -0.508 e. The number of nitrogens with zero attached hydrogens (tertiary/aromatic N) is 2. The fraction of sp³-hybridized carbons (Fsp3) is 0.467. The van der Waals surface area contributed by atoms with Gasteiger partial charge in [0.15, 0.2) is 0 Å². The zero-order valence-electron chi connectivity index (χ0n) is 21.5. The molecule has 6 nitrogen and oxygen atoms in total. The van der Waals surface area contributed by atoms with E-state index >= 15 is 0 Å². The fourth-order valence-corrected chi connectivity index (χ4v) is 7.24. The van der Waals surface area contributed by atoms with Crippen LogP contribution in [0.25, 0.3) is 10.9 Å². The third-order valence-electron chi connectivity index (χ3n) is 8.94. The Morgan fingerprint density at radius 3 is 2.65 bits per heavy atom. The van der Waals surface area contributed by atoms with Crippen LogP contribution < -0.4 is 0 Å². The third kappa shape index (κ3) is 4.06. The standard InChI is InChI=1S/C30H34BrN3O3/c1-18-8-10-19(11-9-18)5-4-14-33-28(36)30(2)17-24-23-16-21(31)12-13-25(23)32-26(24)27(34(30)29(33)37)20-6-3-7-22(35)15-20/h3,6-7,12-13,15-16,18-19,27,32,35H,4-5,8-11,14,17H2,1-2H3/t18?,19?,27-,30+/m1/s1. The molecule has 7 heteroatoms. The van der Waals surface area contributed by atoms with Crippen molar-refractivity contribution in [1.82, 2.24) is 14.8 Å². The molecule has 1 saturated carbocycles. The number of fused-ring (bicyclic) bond motifs is 4. The highest BCUT2D eigenvalue weighted by molar-refractivity contribution is 9.10. The number of hydrogen-bond donors (Lipinski definition) is 2. The number of aromatic nitrogens is 1. The van der Waals surface area contributed by atoms with Crippen molar-refractivity contribution in [1.29, 1.82) is 0 Å². The highest BCUT2D eigenvalue weighted by Gasteiger charge is 2.60. The number of aromatic amines is 1. The molecule has 0 bridgehead atoms. The summed E-state index contributed by atoms with van der Waals surface area (Å²) in [7, 11) is 0. The average molecular weight is 565 g/mol. The van der Waals surface area contributed by atoms with Crippen LogP contribution in [-0.4, -0.2) is 43.9 Å². The van der Waals surface area contributed by atoms with E-state index in [0.29, 0.717) is 18.9 Å². The summed E-state index contributed by atoms with van der Waals surface area (Å²) in [6.07, 6.45) is 7.44. The summed E-state index contributed by atoms with van der Waals surface area (Å²) in [6, 6.07) is 12.4. The van der Waals surface area contributed by atoms with E-state index in [1.54, 1.807) is 23.1 Å². The highest BCUT2D eigenvalue weighted by atomic mass is 79.9. The number of benzene rings is 2. The summed E-state index contributed by atoms with van der Waals surface area (Å²) in [5.41, 5.74) is 2.75. The van der Waals surface area contributed by atoms with E-state index in [2.05, 4.69) is 33.9 Å². The van der Waals surface area contributed by atoms with Crippen molar-refractivity contribution in [2.24, 2.45) is 11.8 Å². The summed E-state index contributed by atoms with van der Waals surface area (Å²) in [4.78, 5) is 34.8. The minimum absolute atomic E-state index is 0.116. The largest absolute Gasteiger partial charge is 0.508 e. The average Bonchev–Trinajstić information content (AvgIpc) is 3.31. The van der Waals surface area contributed by atoms with Gasteiger partial charge in [0, 0.05) is 34.0 Å². The van der Waals surface area contributed by atoms with Gasteiger partial charge in [-0.25, -0.2) is 4.79 Å². The first-order valence-corrected chi connectivity index (χ1v) is 14.3. The molecule has 194 valence electrons. The number of carbonyl (C=O) groups is 2. The van der Waals surface area contributed by atoms with Crippen LogP contribution in [-0.2, 0) is 11.2 Å². The summed E-state index contributed by atoms with van der Waals surface area (Å²) in [5.74, 6) is 1.54. The van der Waals surface area contributed by atoms with Gasteiger partial charge in [-0.15, -0.1) is 0 Å². The molecule has 37 heavy (non-hydrogen) atoms. The molecule has 2 N–H and O–H groups in total. The van der Waals surface area contributed by atoms with E-state index < -0.39 is 11.6 Å². The molecule has 3 aromatic rings. The molecular weight excluding hydrogens is 530 g/mol. The normalized spacial score (nSPS) is 27.6. The van der Waals surface area contributed by atoms with Crippen molar-refractivity contribution < 1.29 is 14.7 Å². The topological polar surface area (TPSA) is 76.6 Å². The molecule has 2 fully saturated rings. The maximum absolute atomic E-state index is 14.0. The molecular formula is C30H34BrN3O3.